The molecule has 2 N–H and O–H groups in total. The molecule has 0 unspecified atom stereocenters. The number of aromatic nitrogens is 1. The van der Waals surface area contributed by atoms with Crippen molar-refractivity contribution in [3.8, 4) is 5.75 Å². The van der Waals surface area contributed by atoms with Crippen molar-refractivity contribution in [2.45, 2.75) is 68.0 Å². The molecule has 0 radical (unpaired) electrons. The number of carbonyl (C=O) groups is 1. The van der Waals surface area contributed by atoms with Crippen molar-refractivity contribution in [2.75, 3.05) is 13.7 Å². The lowest BCUT2D eigenvalue weighted by molar-refractivity contribution is -0.166. The Hall–Kier alpha value is -2.53. The number of benzene rings is 1. The van der Waals surface area contributed by atoms with Crippen LogP contribution in [0.1, 0.15) is 51.0 Å². The maximum absolute atomic E-state index is 12.9. The van der Waals surface area contributed by atoms with Crippen molar-refractivity contribution in [1.82, 2.24) is 15.6 Å². The van der Waals surface area contributed by atoms with Crippen LogP contribution in [0, 0.1) is 5.92 Å². The predicted octanol–water partition coefficient (Wildman–Crippen LogP) is 3.52. The second-order valence-electron chi connectivity index (χ2n) is 8.49. The Balaban J connectivity index is 1.53. The van der Waals surface area contributed by atoms with E-state index in [0.717, 1.165) is 38.7 Å². The number of pyridine rings is 1. The van der Waals surface area contributed by atoms with Crippen molar-refractivity contribution in [3.05, 3.63) is 48.2 Å². The molecule has 0 saturated heterocycles. The number of hydrazine groups is 1. The molecule has 0 atom stereocenters. The largest absolute Gasteiger partial charge is 0.497 e. The number of hydroxylamine groups is 1. The van der Waals surface area contributed by atoms with Crippen LogP contribution in [0.15, 0.2) is 52.5 Å². The predicted molar refractivity (Wildman–Crippen MR) is 125 cm³/mol. The highest BCUT2D eigenvalue weighted by Crippen LogP contribution is 2.28. The lowest BCUT2D eigenvalue weighted by atomic mass is 9.85. The Morgan fingerprint density at radius 3 is 2.53 bits per heavy atom. The molecule has 186 valence electrons. The minimum absolute atomic E-state index is 0.0851. The lowest BCUT2D eigenvalue weighted by Crippen LogP contribution is -2.40. The Morgan fingerprint density at radius 1 is 1.18 bits per heavy atom. The molecule has 0 bridgehead atoms. The van der Waals surface area contributed by atoms with Gasteiger partial charge in [0.15, 0.2) is 5.03 Å². The van der Waals surface area contributed by atoms with Crippen LogP contribution in [0.5, 0.6) is 5.75 Å². The summed E-state index contributed by atoms with van der Waals surface area (Å²) < 4.78 is 36.6. The fourth-order valence-electron chi connectivity index (χ4n) is 4.02. The van der Waals surface area contributed by atoms with Gasteiger partial charge in [0, 0.05) is 19.2 Å². The van der Waals surface area contributed by atoms with Crippen molar-refractivity contribution in [3.63, 3.8) is 0 Å². The second kappa shape index (κ2) is 12.3. The van der Waals surface area contributed by atoms with Crippen LogP contribution in [0.25, 0.3) is 0 Å². The van der Waals surface area contributed by atoms with Crippen molar-refractivity contribution in [2.24, 2.45) is 5.92 Å². The van der Waals surface area contributed by atoms with Crippen LogP contribution >= 0.6 is 0 Å². The van der Waals surface area contributed by atoms with Crippen LogP contribution in [-0.4, -0.2) is 49.5 Å². The molecule has 34 heavy (non-hydrogen) atoms. The van der Waals surface area contributed by atoms with E-state index in [2.05, 4.69) is 17.3 Å². The van der Waals surface area contributed by atoms with E-state index in [1.54, 1.807) is 18.2 Å². The SMILES string of the molecule is CCCO[C@H]1CC[C@H](CC(=O)NN(O)Cc2ccnc(S(=O)(=O)c3ccc(OC)cc3)c2)CC1. The van der Waals surface area contributed by atoms with E-state index in [1.165, 1.54) is 31.5 Å². The second-order valence-corrected chi connectivity index (χ2v) is 10.4. The number of nitrogens with zero attached hydrogens (tertiary/aromatic N) is 2. The van der Waals surface area contributed by atoms with E-state index < -0.39 is 9.84 Å². The first-order valence-corrected chi connectivity index (χ1v) is 13.0. The van der Waals surface area contributed by atoms with Gasteiger partial charge >= 0.3 is 0 Å². The van der Waals surface area contributed by atoms with E-state index in [1.807, 2.05) is 0 Å². The molecule has 0 spiro atoms. The van der Waals surface area contributed by atoms with Gasteiger partial charge in [-0.3, -0.25) is 15.4 Å². The molecule has 1 aromatic heterocycles. The maximum atomic E-state index is 12.9. The average Bonchev–Trinajstić information content (AvgIpc) is 2.83. The zero-order valence-corrected chi connectivity index (χ0v) is 20.5. The third kappa shape index (κ3) is 7.23. The molecular weight excluding hydrogens is 458 g/mol. The molecule has 1 aliphatic rings. The normalized spacial score (nSPS) is 18.6. The smallest absolute Gasteiger partial charge is 0.236 e. The summed E-state index contributed by atoms with van der Waals surface area (Å²) in [6.45, 7) is 2.77. The number of sulfone groups is 1. The summed E-state index contributed by atoms with van der Waals surface area (Å²) in [4.78, 5) is 16.4. The van der Waals surface area contributed by atoms with Crippen LogP contribution in [0.2, 0.25) is 0 Å². The molecule has 9 nitrogen and oxygen atoms in total. The summed E-state index contributed by atoms with van der Waals surface area (Å²) in [7, 11) is -2.34. The monoisotopic (exact) mass is 491 g/mol. The first kappa shape index (κ1) is 26.1. The molecule has 2 aromatic rings. The number of rotatable bonds is 11. The van der Waals surface area contributed by atoms with Gasteiger partial charge in [0.2, 0.25) is 15.7 Å². The van der Waals surface area contributed by atoms with Crippen LogP contribution in [0.3, 0.4) is 0 Å². The molecule has 1 aliphatic carbocycles. The van der Waals surface area contributed by atoms with Crippen LogP contribution in [-0.2, 0) is 25.9 Å². The minimum atomic E-state index is -3.84. The zero-order chi connectivity index (χ0) is 24.6. The highest BCUT2D eigenvalue weighted by molar-refractivity contribution is 7.91. The van der Waals surface area contributed by atoms with Crippen LogP contribution < -0.4 is 10.2 Å². The Bertz CT molecular complexity index is 1040. The van der Waals surface area contributed by atoms with Gasteiger partial charge < -0.3 is 9.47 Å². The Labute approximate surface area is 200 Å². The number of hydrogen-bond donors (Lipinski definition) is 2. The molecule has 1 amide bonds. The van der Waals surface area contributed by atoms with Crippen LogP contribution in [0.4, 0.5) is 0 Å². The van der Waals surface area contributed by atoms with Gasteiger partial charge in [0.05, 0.1) is 24.7 Å². The lowest BCUT2D eigenvalue weighted by Gasteiger charge is -2.28. The number of amides is 1. The van der Waals surface area contributed by atoms with Crippen molar-refractivity contribution < 1.29 is 27.9 Å². The fraction of sp³-hybridized carbons (Fsp3) is 0.500. The third-order valence-electron chi connectivity index (χ3n) is 5.86. The highest BCUT2D eigenvalue weighted by Gasteiger charge is 2.24. The van der Waals surface area contributed by atoms with Gasteiger partial charge in [-0.1, -0.05) is 12.1 Å². The number of methoxy groups -OCH3 is 1. The number of carbonyl (C=O) groups excluding carboxylic acids is 1. The molecular formula is C24H33N3O6S. The molecule has 1 fully saturated rings. The van der Waals surface area contributed by atoms with Gasteiger partial charge in [-0.25, -0.2) is 13.4 Å². The van der Waals surface area contributed by atoms with Gasteiger partial charge in [-0.05, 0) is 80.0 Å². The maximum Gasteiger partial charge on any atom is 0.236 e. The number of nitrogens with one attached hydrogen (secondary N) is 1. The molecule has 1 saturated carbocycles. The summed E-state index contributed by atoms with van der Waals surface area (Å²) in [6, 6.07) is 8.99. The number of ether oxygens (including phenoxy) is 2. The van der Waals surface area contributed by atoms with E-state index in [9.17, 15) is 18.4 Å². The first-order chi connectivity index (χ1) is 16.3. The van der Waals surface area contributed by atoms with Gasteiger partial charge in [-0.2, -0.15) is 0 Å². The van der Waals surface area contributed by atoms with Gasteiger partial charge in [0.25, 0.3) is 0 Å². The molecule has 0 aliphatic heterocycles. The standard InChI is InChI=1S/C24H33N3O6S/c1-3-14-33-21-6-4-18(5-7-21)15-23(28)26-27(29)17-19-12-13-25-24(16-19)34(30,31)22-10-8-20(32-2)9-11-22/h8-13,16,18,21,29H,3-7,14-15,17H2,1-2H3,(H,26,28)/t18-,21-. The molecule has 3 rings (SSSR count). The van der Waals surface area contributed by atoms with E-state index >= 15 is 0 Å². The van der Waals surface area contributed by atoms with E-state index in [4.69, 9.17) is 9.47 Å². The highest BCUT2D eigenvalue weighted by atomic mass is 32.2. The summed E-state index contributed by atoms with van der Waals surface area (Å²) in [5.74, 6) is 0.530. The first-order valence-electron chi connectivity index (χ1n) is 11.5. The molecule has 1 heterocycles. The Morgan fingerprint density at radius 2 is 1.88 bits per heavy atom. The summed E-state index contributed by atoms with van der Waals surface area (Å²) in [6.07, 6.45) is 6.71. The van der Waals surface area contributed by atoms with E-state index in [0.29, 0.717) is 22.9 Å². The summed E-state index contributed by atoms with van der Waals surface area (Å²) in [5, 5.41) is 10.7. The molecule has 1 aromatic carbocycles. The fourth-order valence-corrected chi connectivity index (χ4v) is 5.26. The average molecular weight is 492 g/mol. The summed E-state index contributed by atoms with van der Waals surface area (Å²) >= 11 is 0. The zero-order valence-electron chi connectivity index (χ0n) is 19.6. The topological polar surface area (TPSA) is 118 Å². The van der Waals surface area contributed by atoms with Gasteiger partial charge in [0.1, 0.15) is 5.75 Å². The number of hydrogen-bond acceptors (Lipinski definition) is 8. The minimum Gasteiger partial charge on any atom is -0.497 e. The van der Waals surface area contributed by atoms with Crippen molar-refractivity contribution in [1.29, 1.82) is 0 Å². The van der Waals surface area contributed by atoms with Crippen molar-refractivity contribution >= 4 is 15.7 Å². The van der Waals surface area contributed by atoms with E-state index in [-0.39, 0.29) is 34.4 Å². The Kier molecular flexibility index (Phi) is 9.40. The van der Waals surface area contributed by atoms with Gasteiger partial charge in [-0.15, -0.1) is 0 Å². The molecule has 10 heteroatoms. The quantitative estimate of drug-likeness (QED) is 0.459. The summed E-state index contributed by atoms with van der Waals surface area (Å²) in [5.41, 5.74) is 2.94. The third-order valence-corrected chi connectivity index (χ3v) is 7.52.